The van der Waals surface area contributed by atoms with E-state index in [4.69, 9.17) is 9.47 Å². The SMILES string of the molecule is CN(C)C(=O)c1cc(OCC(=O)OCc2ccccc2)ccc1NC(=O)c1ccccc1-c1ccc(C(F)(F)F)cc1. The maximum atomic E-state index is 13.4. The molecule has 0 fully saturated rings. The van der Waals surface area contributed by atoms with Crippen molar-refractivity contribution in [1.29, 1.82) is 0 Å². The number of amides is 2. The summed E-state index contributed by atoms with van der Waals surface area (Å²) < 4.78 is 49.8. The van der Waals surface area contributed by atoms with E-state index in [-0.39, 0.29) is 29.2 Å². The highest BCUT2D eigenvalue weighted by atomic mass is 19.4. The van der Waals surface area contributed by atoms with Crippen LogP contribution in [0.3, 0.4) is 0 Å². The molecule has 4 aromatic carbocycles. The first kappa shape index (κ1) is 29.9. The van der Waals surface area contributed by atoms with E-state index in [2.05, 4.69) is 5.32 Å². The van der Waals surface area contributed by atoms with Crippen molar-refractivity contribution in [2.45, 2.75) is 12.8 Å². The first-order valence-corrected chi connectivity index (χ1v) is 12.8. The number of hydrogen-bond donors (Lipinski definition) is 1. The van der Waals surface area contributed by atoms with Crippen molar-refractivity contribution in [1.82, 2.24) is 4.90 Å². The van der Waals surface area contributed by atoms with Crippen molar-refractivity contribution < 1.29 is 37.0 Å². The second-order valence-corrected chi connectivity index (χ2v) is 9.42. The van der Waals surface area contributed by atoms with Crippen molar-refractivity contribution in [3.63, 3.8) is 0 Å². The molecule has 0 unspecified atom stereocenters. The fourth-order valence-corrected chi connectivity index (χ4v) is 4.02. The lowest BCUT2D eigenvalue weighted by atomic mass is 9.98. The van der Waals surface area contributed by atoms with E-state index in [0.717, 1.165) is 17.7 Å². The molecule has 0 aliphatic rings. The lowest BCUT2D eigenvalue weighted by molar-refractivity contribution is -0.147. The first-order chi connectivity index (χ1) is 20.0. The maximum Gasteiger partial charge on any atom is 0.416 e. The van der Waals surface area contributed by atoms with Crippen molar-refractivity contribution in [3.05, 3.63) is 119 Å². The molecule has 0 bridgehead atoms. The fourth-order valence-electron chi connectivity index (χ4n) is 4.02. The molecule has 0 aromatic heterocycles. The number of benzene rings is 4. The number of halogens is 3. The van der Waals surface area contributed by atoms with Gasteiger partial charge in [-0.15, -0.1) is 0 Å². The Hall–Kier alpha value is -5.12. The third kappa shape index (κ3) is 7.54. The van der Waals surface area contributed by atoms with E-state index in [0.29, 0.717) is 11.1 Å². The molecule has 10 heteroatoms. The van der Waals surface area contributed by atoms with Crippen LogP contribution < -0.4 is 10.1 Å². The number of ether oxygens (including phenoxy) is 2. The van der Waals surface area contributed by atoms with Crippen LogP contribution in [0.5, 0.6) is 5.75 Å². The first-order valence-electron chi connectivity index (χ1n) is 12.8. The van der Waals surface area contributed by atoms with Crippen molar-refractivity contribution in [2.24, 2.45) is 0 Å². The summed E-state index contributed by atoms with van der Waals surface area (Å²) in [6, 6.07) is 24.5. The molecule has 216 valence electrons. The molecule has 0 aliphatic carbocycles. The predicted octanol–water partition coefficient (Wildman–Crippen LogP) is 6.45. The van der Waals surface area contributed by atoms with Crippen molar-refractivity contribution in [2.75, 3.05) is 26.0 Å². The molecular formula is C32H27F3N2O5. The van der Waals surface area contributed by atoms with Gasteiger partial charge in [-0.05, 0) is 53.1 Å². The van der Waals surface area contributed by atoms with E-state index < -0.39 is 36.1 Å². The molecule has 0 saturated heterocycles. The standard InChI is InChI=1S/C32H27F3N2O5/c1-37(2)31(40)27-18-24(41-20-29(38)42-19-21-8-4-3-5-9-21)16-17-28(27)36-30(39)26-11-7-6-10-25(26)22-12-14-23(15-13-22)32(33,34)35/h3-18H,19-20H2,1-2H3,(H,36,39). The van der Waals surface area contributed by atoms with Gasteiger partial charge in [-0.2, -0.15) is 13.2 Å². The molecule has 4 rings (SSSR count). The molecule has 0 aliphatic heterocycles. The third-order valence-corrected chi connectivity index (χ3v) is 6.17. The van der Waals surface area contributed by atoms with Crippen LogP contribution in [-0.4, -0.2) is 43.4 Å². The number of anilines is 1. The number of carbonyl (C=O) groups is 3. The molecule has 0 radical (unpaired) electrons. The Balaban J connectivity index is 1.51. The molecule has 42 heavy (non-hydrogen) atoms. The van der Waals surface area contributed by atoms with Gasteiger partial charge in [0.05, 0.1) is 16.8 Å². The number of nitrogens with zero attached hydrogens (tertiary/aromatic N) is 1. The normalized spacial score (nSPS) is 11.0. The topological polar surface area (TPSA) is 84.9 Å². The smallest absolute Gasteiger partial charge is 0.416 e. The van der Waals surface area contributed by atoms with E-state index in [1.807, 2.05) is 30.3 Å². The lowest BCUT2D eigenvalue weighted by Gasteiger charge is -2.17. The van der Waals surface area contributed by atoms with Crippen LogP contribution in [0.4, 0.5) is 18.9 Å². The van der Waals surface area contributed by atoms with Gasteiger partial charge in [0, 0.05) is 19.7 Å². The highest BCUT2D eigenvalue weighted by molar-refractivity contribution is 6.11. The van der Waals surface area contributed by atoms with Crippen LogP contribution in [0, 0.1) is 0 Å². The summed E-state index contributed by atoms with van der Waals surface area (Å²) in [5.74, 6) is -1.40. The second-order valence-electron chi connectivity index (χ2n) is 9.42. The Morgan fingerprint density at radius 3 is 2.14 bits per heavy atom. The third-order valence-electron chi connectivity index (χ3n) is 6.17. The summed E-state index contributed by atoms with van der Waals surface area (Å²) in [6.07, 6.45) is -4.48. The van der Waals surface area contributed by atoms with Gasteiger partial charge in [-0.3, -0.25) is 9.59 Å². The van der Waals surface area contributed by atoms with Gasteiger partial charge < -0.3 is 19.7 Å². The Morgan fingerprint density at radius 1 is 0.810 bits per heavy atom. The van der Waals surface area contributed by atoms with Crippen LogP contribution >= 0.6 is 0 Å². The van der Waals surface area contributed by atoms with Crippen LogP contribution in [0.15, 0.2) is 97.1 Å². The average Bonchev–Trinajstić information content (AvgIpc) is 2.99. The molecule has 0 saturated carbocycles. The molecule has 7 nitrogen and oxygen atoms in total. The number of alkyl halides is 3. The second kappa shape index (κ2) is 13.0. The number of nitrogens with one attached hydrogen (secondary N) is 1. The van der Waals surface area contributed by atoms with Gasteiger partial charge in [0.1, 0.15) is 12.4 Å². The van der Waals surface area contributed by atoms with E-state index in [9.17, 15) is 27.6 Å². The molecule has 2 amide bonds. The van der Waals surface area contributed by atoms with Crippen molar-refractivity contribution >= 4 is 23.5 Å². The Labute approximate surface area is 240 Å². The van der Waals surface area contributed by atoms with Crippen LogP contribution in [0.1, 0.15) is 31.8 Å². The molecular weight excluding hydrogens is 549 g/mol. The van der Waals surface area contributed by atoms with Gasteiger partial charge in [-0.1, -0.05) is 60.7 Å². The van der Waals surface area contributed by atoms with E-state index >= 15 is 0 Å². The summed E-state index contributed by atoms with van der Waals surface area (Å²) in [7, 11) is 3.09. The summed E-state index contributed by atoms with van der Waals surface area (Å²) in [5.41, 5.74) is 1.34. The van der Waals surface area contributed by atoms with Crippen LogP contribution in [-0.2, 0) is 22.3 Å². The molecule has 1 N–H and O–H groups in total. The quantitative estimate of drug-likeness (QED) is 0.232. The molecule has 4 aromatic rings. The summed E-state index contributed by atoms with van der Waals surface area (Å²) in [5, 5.41) is 2.73. The monoisotopic (exact) mass is 576 g/mol. The maximum absolute atomic E-state index is 13.4. The molecule has 0 atom stereocenters. The lowest BCUT2D eigenvalue weighted by Crippen LogP contribution is -2.24. The minimum atomic E-state index is -4.48. The zero-order valence-electron chi connectivity index (χ0n) is 22.8. The predicted molar refractivity (Wildman–Crippen MR) is 151 cm³/mol. The van der Waals surface area contributed by atoms with Gasteiger partial charge >= 0.3 is 12.1 Å². The number of hydrogen-bond acceptors (Lipinski definition) is 5. The summed E-state index contributed by atoms with van der Waals surface area (Å²) in [4.78, 5) is 39.8. The molecule has 0 heterocycles. The molecule has 0 spiro atoms. The highest BCUT2D eigenvalue weighted by Gasteiger charge is 2.30. The van der Waals surface area contributed by atoms with Crippen LogP contribution in [0.25, 0.3) is 11.1 Å². The zero-order valence-corrected chi connectivity index (χ0v) is 22.8. The van der Waals surface area contributed by atoms with E-state index in [1.54, 1.807) is 32.3 Å². The van der Waals surface area contributed by atoms with Crippen molar-refractivity contribution in [3.8, 4) is 16.9 Å². The Morgan fingerprint density at radius 2 is 1.48 bits per heavy atom. The van der Waals surface area contributed by atoms with Gasteiger partial charge in [-0.25, -0.2) is 4.79 Å². The minimum absolute atomic E-state index is 0.0896. The Kier molecular flexibility index (Phi) is 9.26. The highest BCUT2D eigenvalue weighted by Crippen LogP contribution is 2.32. The largest absolute Gasteiger partial charge is 0.482 e. The minimum Gasteiger partial charge on any atom is -0.482 e. The number of esters is 1. The van der Waals surface area contributed by atoms with Gasteiger partial charge in [0.15, 0.2) is 6.61 Å². The fraction of sp³-hybridized carbons (Fsp3) is 0.156. The van der Waals surface area contributed by atoms with Crippen LogP contribution in [0.2, 0.25) is 0 Å². The van der Waals surface area contributed by atoms with Gasteiger partial charge in [0.25, 0.3) is 11.8 Å². The Bertz CT molecular complexity index is 1570. The number of carbonyl (C=O) groups excluding carboxylic acids is 3. The van der Waals surface area contributed by atoms with E-state index in [1.165, 1.54) is 41.3 Å². The summed E-state index contributed by atoms with van der Waals surface area (Å²) in [6.45, 7) is -0.305. The summed E-state index contributed by atoms with van der Waals surface area (Å²) >= 11 is 0. The average molecular weight is 577 g/mol. The number of rotatable bonds is 9. The van der Waals surface area contributed by atoms with Gasteiger partial charge in [0.2, 0.25) is 0 Å². The zero-order chi connectivity index (χ0) is 30.3.